The second-order valence-corrected chi connectivity index (χ2v) is 5.24. The van der Waals surface area contributed by atoms with Gasteiger partial charge in [0.15, 0.2) is 0 Å². The van der Waals surface area contributed by atoms with Crippen LogP contribution >= 0.6 is 0 Å². The molecule has 0 aromatic rings. The Morgan fingerprint density at radius 2 is 1.85 bits per heavy atom. The van der Waals surface area contributed by atoms with Crippen LogP contribution in [0.4, 0.5) is 8.78 Å². The van der Waals surface area contributed by atoms with E-state index in [0.29, 0.717) is 6.42 Å². The molecule has 0 heterocycles. The van der Waals surface area contributed by atoms with E-state index in [1.54, 1.807) is 12.2 Å². The van der Waals surface area contributed by atoms with Crippen LogP contribution in [0.5, 0.6) is 0 Å². The fourth-order valence-corrected chi connectivity index (χ4v) is 3.29. The number of hydrogen-bond donors (Lipinski definition) is 2. The molecule has 2 aliphatic carbocycles. The molecule has 5 nitrogen and oxygen atoms in total. The first-order valence-electron chi connectivity index (χ1n) is 6.54. The number of allylic oxidation sites excluding steroid dienone is 2. The predicted octanol–water partition coefficient (Wildman–Crippen LogP) is 0.595. The first-order chi connectivity index (χ1) is 9.45. The van der Waals surface area contributed by atoms with Crippen molar-refractivity contribution in [3.8, 4) is 0 Å². The van der Waals surface area contributed by atoms with Crippen LogP contribution in [0.3, 0.4) is 0 Å². The monoisotopic (exact) mass is 289 g/mol. The van der Waals surface area contributed by atoms with Gasteiger partial charge in [-0.25, -0.2) is 8.78 Å². The molecule has 2 rings (SSSR count). The number of fused-ring (bicyclic) bond motifs is 2. The Morgan fingerprint density at radius 1 is 1.25 bits per heavy atom. The summed E-state index contributed by atoms with van der Waals surface area (Å²) in [4.78, 5) is 24.5. The molecule has 4 unspecified atom stereocenters. The summed E-state index contributed by atoms with van der Waals surface area (Å²) in [5.41, 5.74) is 0. The summed E-state index contributed by atoms with van der Waals surface area (Å²) in [6, 6.07) is 0. The number of amides is 1. The van der Waals surface area contributed by atoms with Crippen LogP contribution in [0.2, 0.25) is 0 Å². The minimum atomic E-state index is -2.71. The molecule has 4 atom stereocenters. The number of aliphatic hydroxyl groups excluding tert-OH is 1. The van der Waals surface area contributed by atoms with E-state index in [-0.39, 0.29) is 18.4 Å². The Balaban J connectivity index is 2.17. The highest BCUT2D eigenvalue weighted by Crippen LogP contribution is 2.48. The van der Waals surface area contributed by atoms with Crippen molar-refractivity contribution in [2.45, 2.75) is 12.8 Å². The number of aliphatic hydroxyl groups is 1. The normalized spacial score (nSPS) is 31.0. The Morgan fingerprint density at radius 3 is 2.35 bits per heavy atom. The van der Waals surface area contributed by atoms with E-state index in [4.69, 9.17) is 5.11 Å². The third-order valence-corrected chi connectivity index (χ3v) is 4.07. The number of carboxylic acid groups (broad SMARTS) is 1. The van der Waals surface area contributed by atoms with Crippen molar-refractivity contribution in [2.24, 2.45) is 23.7 Å². The third-order valence-electron chi connectivity index (χ3n) is 4.07. The minimum Gasteiger partial charge on any atom is -0.481 e. The molecular formula is C13H17F2NO4. The highest BCUT2D eigenvalue weighted by molar-refractivity contribution is 5.87. The van der Waals surface area contributed by atoms with Crippen molar-refractivity contribution < 1.29 is 28.6 Å². The van der Waals surface area contributed by atoms with Gasteiger partial charge in [0, 0.05) is 6.54 Å². The van der Waals surface area contributed by atoms with E-state index in [9.17, 15) is 23.5 Å². The van der Waals surface area contributed by atoms with Gasteiger partial charge < -0.3 is 15.1 Å². The quantitative estimate of drug-likeness (QED) is 0.702. The maximum Gasteiger partial charge on any atom is 0.307 e. The second kappa shape index (κ2) is 5.87. The molecule has 112 valence electrons. The average Bonchev–Trinajstić information content (AvgIpc) is 2.96. The van der Waals surface area contributed by atoms with E-state index in [0.717, 1.165) is 4.90 Å². The largest absolute Gasteiger partial charge is 0.481 e. The number of alkyl halides is 2. The van der Waals surface area contributed by atoms with Gasteiger partial charge in [-0.3, -0.25) is 9.59 Å². The fraction of sp³-hybridized carbons (Fsp3) is 0.692. The summed E-state index contributed by atoms with van der Waals surface area (Å²) in [5.74, 6) is -3.71. The van der Waals surface area contributed by atoms with Gasteiger partial charge >= 0.3 is 5.97 Å². The van der Waals surface area contributed by atoms with Crippen LogP contribution in [-0.2, 0) is 9.59 Å². The van der Waals surface area contributed by atoms with Gasteiger partial charge in [-0.2, -0.15) is 0 Å². The number of carbonyl (C=O) groups excluding carboxylic acids is 1. The van der Waals surface area contributed by atoms with Gasteiger partial charge in [0.25, 0.3) is 6.43 Å². The lowest BCUT2D eigenvalue weighted by Gasteiger charge is -2.30. The second-order valence-electron chi connectivity index (χ2n) is 5.24. The van der Waals surface area contributed by atoms with Crippen molar-refractivity contribution in [1.29, 1.82) is 0 Å². The zero-order chi connectivity index (χ0) is 14.9. The van der Waals surface area contributed by atoms with Crippen molar-refractivity contribution in [3.05, 3.63) is 12.2 Å². The molecule has 0 radical (unpaired) electrons. The van der Waals surface area contributed by atoms with Crippen molar-refractivity contribution in [1.82, 2.24) is 4.90 Å². The molecule has 0 aromatic heterocycles. The lowest BCUT2D eigenvalue weighted by molar-refractivity contribution is -0.152. The molecule has 0 aromatic carbocycles. The van der Waals surface area contributed by atoms with Crippen molar-refractivity contribution >= 4 is 11.9 Å². The molecule has 2 N–H and O–H groups in total. The molecule has 1 saturated carbocycles. The molecule has 2 aliphatic rings. The standard InChI is InChI=1S/C13H17F2NO4/c14-9(15)6-16(3-4-17)12(18)10-7-1-2-8(5-7)11(10)13(19)20/h1-2,7-11,17H,3-6H2,(H,19,20). The van der Waals surface area contributed by atoms with Gasteiger partial charge in [0.05, 0.1) is 25.0 Å². The predicted molar refractivity (Wildman–Crippen MR) is 65.0 cm³/mol. The molecule has 2 bridgehead atoms. The molecular weight excluding hydrogens is 272 g/mol. The first-order valence-corrected chi connectivity index (χ1v) is 6.54. The smallest absolute Gasteiger partial charge is 0.307 e. The summed E-state index contributed by atoms with van der Waals surface area (Å²) >= 11 is 0. The van der Waals surface area contributed by atoms with E-state index in [2.05, 4.69) is 0 Å². The van der Waals surface area contributed by atoms with Crippen LogP contribution in [0.15, 0.2) is 12.2 Å². The number of aliphatic carboxylic acids is 1. The SMILES string of the molecule is O=C(O)C1C2C=CC(C2)C1C(=O)N(CCO)CC(F)F. The Bertz CT molecular complexity index is 427. The number of carbonyl (C=O) groups is 2. The van der Waals surface area contributed by atoms with Crippen LogP contribution in [0.25, 0.3) is 0 Å². The lowest BCUT2D eigenvalue weighted by atomic mass is 9.82. The van der Waals surface area contributed by atoms with Crippen LogP contribution in [0.1, 0.15) is 6.42 Å². The van der Waals surface area contributed by atoms with E-state index < -0.39 is 43.3 Å². The van der Waals surface area contributed by atoms with E-state index in [1.165, 1.54) is 0 Å². The molecule has 0 spiro atoms. The maximum atomic E-state index is 12.5. The summed E-state index contributed by atoms with van der Waals surface area (Å²) in [6.45, 7) is -1.40. The Labute approximate surface area is 114 Å². The van der Waals surface area contributed by atoms with Gasteiger partial charge in [0.2, 0.25) is 5.91 Å². The molecule has 1 amide bonds. The van der Waals surface area contributed by atoms with E-state index >= 15 is 0 Å². The summed E-state index contributed by atoms with van der Waals surface area (Å²) < 4.78 is 25.0. The number of nitrogens with zero attached hydrogens (tertiary/aromatic N) is 1. The topological polar surface area (TPSA) is 77.8 Å². The first kappa shape index (κ1) is 14.9. The Kier molecular flexibility index (Phi) is 4.37. The average molecular weight is 289 g/mol. The number of hydrogen-bond acceptors (Lipinski definition) is 3. The van der Waals surface area contributed by atoms with Crippen LogP contribution in [0, 0.1) is 23.7 Å². The number of carboxylic acids is 1. The molecule has 0 aliphatic heterocycles. The molecule has 0 saturated heterocycles. The van der Waals surface area contributed by atoms with Crippen LogP contribution < -0.4 is 0 Å². The van der Waals surface area contributed by atoms with E-state index in [1.807, 2.05) is 0 Å². The number of halogens is 2. The third kappa shape index (κ3) is 2.67. The molecule has 7 heteroatoms. The molecule has 1 fully saturated rings. The van der Waals surface area contributed by atoms with Gasteiger partial charge in [-0.15, -0.1) is 0 Å². The lowest BCUT2D eigenvalue weighted by Crippen LogP contribution is -2.45. The Hall–Kier alpha value is -1.50. The van der Waals surface area contributed by atoms with Crippen LogP contribution in [-0.4, -0.2) is 53.1 Å². The number of rotatable bonds is 6. The summed E-state index contributed by atoms with van der Waals surface area (Å²) in [6.07, 6.45) is 1.46. The fourth-order valence-electron chi connectivity index (χ4n) is 3.29. The van der Waals surface area contributed by atoms with Gasteiger partial charge in [-0.1, -0.05) is 12.2 Å². The summed E-state index contributed by atoms with van der Waals surface area (Å²) in [7, 11) is 0. The highest BCUT2D eigenvalue weighted by Gasteiger charge is 2.52. The van der Waals surface area contributed by atoms with Gasteiger partial charge in [-0.05, 0) is 18.3 Å². The zero-order valence-electron chi connectivity index (χ0n) is 10.8. The maximum absolute atomic E-state index is 12.5. The molecule has 20 heavy (non-hydrogen) atoms. The zero-order valence-corrected chi connectivity index (χ0v) is 10.8. The van der Waals surface area contributed by atoms with Crippen molar-refractivity contribution in [3.63, 3.8) is 0 Å². The van der Waals surface area contributed by atoms with Crippen molar-refractivity contribution in [2.75, 3.05) is 19.7 Å². The van der Waals surface area contributed by atoms with Gasteiger partial charge in [0.1, 0.15) is 0 Å². The minimum absolute atomic E-state index is 0.200. The summed E-state index contributed by atoms with van der Waals surface area (Å²) in [5, 5.41) is 18.1. The highest BCUT2D eigenvalue weighted by atomic mass is 19.3.